The monoisotopic (exact) mass is 261 g/mol. The first kappa shape index (κ1) is 14.4. The van der Waals surface area contributed by atoms with E-state index in [1.165, 1.54) is 29.5 Å². The van der Waals surface area contributed by atoms with Gasteiger partial charge in [0.2, 0.25) is 0 Å². The van der Waals surface area contributed by atoms with Crippen molar-refractivity contribution in [3.05, 3.63) is 28.8 Å². The molecule has 0 amide bonds. The van der Waals surface area contributed by atoms with E-state index < -0.39 is 0 Å². The zero-order valence-corrected chi connectivity index (χ0v) is 12.7. The lowest BCUT2D eigenvalue weighted by Crippen LogP contribution is -2.18. The zero-order valence-electron chi connectivity index (χ0n) is 12.7. The van der Waals surface area contributed by atoms with Crippen LogP contribution in [-0.4, -0.2) is 12.6 Å². The van der Waals surface area contributed by atoms with E-state index in [0.29, 0.717) is 5.92 Å². The van der Waals surface area contributed by atoms with Gasteiger partial charge in [0.05, 0.1) is 6.61 Å². The molecule has 0 aliphatic heterocycles. The summed E-state index contributed by atoms with van der Waals surface area (Å²) in [4.78, 5) is 0. The Morgan fingerprint density at radius 2 is 1.95 bits per heavy atom. The Balaban J connectivity index is 2.22. The fraction of sp³-hybridized carbons (Fsp3) is 0.647. The number of nitrogens with two attached hydrogens (primary N) is 1. The van der Waals surface area contributed by atoms with Gasteiger partial charge in [-0.05, 0) is 67.7 Å². The number of benzene rings is 1. The molecule has 0 aromatic heterocycles. The Morgan fingerprint density at radius 3 is 2.47 bits per heavy atom. The minimum atomic E-state index is 0.206. The molecular weight excluding hydrogens is 234 g/mol. The summed E-state index contributed by atoms with van der Waals surface area (Å²) in [6.45, 7) is 9.55. The first-order chi connectivity index (χ1) is 8.97. The van der Waals surface area contributed by atoms with Gasteiger partial charge >= 0.3 is 0 Å². The maximum Gasteiger partial charge on any atom is 0.123 e. The standard InChI is InChI=1S/C17H27NO/c1-11(2)16-9-15(8-13(4)18)12(3)7-17(16)19-10-14-5-6-14/h7,9,11,13-14H,5-6,8,10,18H2,1-4H3. The second-order valence-electron chi connectivity index (χ2n) is 6.41. The third-order valence-electron chi connectivity index (χ3n) is 3.80. The van der Waals surface area contributed by atoms with E-state index in [1.54, 1.807) is 0 Å². The maximum atomic E-state index is 6.03. The van der Waals surface area contributed by atoms with Gasteiger partial charge in [0.15, 0.2) is 0 Å². The summed E-state index contributed by atoms with van der Waals surface area (Å²) < 4.78 is 6.03. The molecule has 0 heterocycles. The molecule has 0 saturated heterocycles. The first-order valence-electron chi connectivity index (χ1n) is 7.49. The van der Waals surface area contributed by atoms with Crippen molar-refractivity contribution in [2.75, 3.05) is 6.61 Å². The van der Waals surface area contributed by atoms with E-state index in [2.05, 4.69) is 39.8 Å². The SMILES string of the molecule is Cc1cc(OCC2CC2)c(C(C)C)cc1CC(C)N. The van der Waals surface area contributed by atoms with Crippen molar-refractivity contribution in [3.8, 4) is 5.75 Å². The van der Waals surface area contributed by atoms with E-state index in [0.717, 1.165) is 24.7 Å². The number of ether oxygens (including phenoxy) is 1. The van der Waals surface area contributed by atoms with E-state index in [1.807, 2.05) is 0 Å². The smallest absolute Gasteiger partial charge is 0.123 e. The molecule has 106 valence electrons. The van der Waals surface area contributed by atoms with Gasteiger partial charge < -0.3 is 10.5 Å². The van der Waals surface area contributed by atoms with Crippen LogP contribution in [-0.2, 0) is 6.42 Å². The molecule has 0 spiro atoms. The van der Waals surface area contributed by atoms with Crippen molar-refractivity contribution in [3.63, 3.8) is 0 Å². The van der Waals surface area contributed by atoms with Crippen LogP contribution in [0, 0.1) is 12.8 Å². The number of hydrogen-bond acceptors (Lipinski definition) is 2. The van der Waals surface area contributed by atoms with E-state index >= 15 is 0 Å². The predicted octanol–water partition coefficient (Wildman–Crippen LogP) is 3.80. The largest absolute Gasteiger partial charge is 0.493 e. The Hall–Kier alpha value is -1.02. The normalized spacial score (nSPS) is 16.7. The molecular formula is C17H27NO. The van der Waals surface area contributed by atoms with Crippen molar-refractivity contribution in [2.45, 2.75) is 58.9 Å². The number of hydrogen-bond donors (Lipinski definition) is 1. The van der Waals surface area contributed by atoms with Gasteiger partial charge in [0.25, 0.3) is 0 Å². The van der Waals surface area contributed by atoms with Crippen LogP contribution in [0.4, 0.5) is 0 Å². The van der Waals surface area contributed by atoms with Crippen LogP contribution < -0.4 is 10.5 Å². The van der Waals surface area contributed by atoms with Gasteiger partial charge in [-0.3, -0.25) is 0 Å². The van der Waals surface area contributed by atoms with E-state index in [9.17, 15) is 0 Å². The molecule has 1 saturated carbocycles. The second kappa shape index (κ2) is 5.96. The summed E-state index contributed by atoms with van der Waals surface area (Å²) in [5.74, 6) is 2.36. The van der Waals surface area contributed by atoms with Gasteiger partial charge in [-0.1, -0.05) is 19.9 Å². The van der Waals surface area contributed by atoms with Crippen LogP contribution in [0.15, 0.2) is 12.1 Å². The molecule has 1 atom stereocenters. The zero-order chi connectivity index (χ0) is 14.0. The Labute approximate surface area is 117 Å². The molecule has 1 aliphatic rings. The summed E-state index contributed by atoms with van der Waals surface area (Å²) in [5, 5.41) is 0. The quantitative estimate of drug-likeness (QED) is 0.845. The van der Waals surface area contributed by atoms with Gasteiger partial charge in [0.1, 0.15) is 5.75 Å². The van der Waals surface area contributed by atoms with Crippen molar-refractivity contribution < 1.29 is 4.74 Å². The van der Waals surface area contributed by atoms with Gasteiger partial charge in [-0.2, -0.15) is 0 Å². The molecule has 2 heteroatoms. The van der Waals surface area contributed by atoms with Crippen LogP contribution >= 0.6 is 0 Å². The third-order valence-corrected chi connectivity index (χ3v) is 3.80. The van der Waals surface area contributed by atoms with Crippen molar-refractivity contribution in [1.82, 2.24) is 0 Å². The molecule has 1 aromatic rings. The first-order valence-corrected chi connectivity index (χ1v) is 7.49. The minimum Gasteiger partial charge on any atom is -0.493 e. The lowest BCUT2D eigenvalue weighted by atomic mass is 9.93. The van der Waals surface area contributed by atoms with Gasteiger partial charge in [-0.25, -0.2) is 0 Å². The van der Waals surface area contributed by atoms with Crippen molar-refractivity contribution in [2.24, 2.45) is 11.7 Å². The van der Waals surface area contributed by atoms with E-state index in [-0.39, 0.29) is 6.04 Å². The van der Waals surface area contributed by atoms with Crippen LogP contribution in [0.2, 0.25) is 0 Å². The average Bonchev–Trinajstić information content (AvgIpc) is 3.12. The highest BCUT2D eigenvalue weighted by atomic mass is 16.5. The fourth-order valence-electron chi connectivity index (χ4n) is 2.38. The third kappa shape index (κ3) is 3.97. The molecule has 1 fully saturated rings. The lowest BCUT2D eigenvalue weighted by Gasteiger charge is -2.18. The van der Waals surface area contributed by atoms with Crippen LogP contribution in [0.5, 0.6) is 5.75 Å². The number of aryl methyl sites for hydroxylation is 1. The van der Waals surface area contributed by atoms with Crippen molar-refractivity contribution in [1.29, 1.82) is 0 Å². The fourth-order valence-corrected chi connectivity index (χ4v) is 2.38. The minimum absolute atomic E-state index is 0.206. The van der Waals surface area contributed by atoms with Crippen molar-refractivity contribution >= 4 is 0 Å². The number of rotatable bonds is 6. The second-order valence-corrected chi connectivity index (χ2v) is 6.41. The summed E-state index contributed by atoms with van der Waals surface area (Å²) in [7, 11) is 0. The molecule has 0 radical (unpaired) electrons. The Morgan fingerprint density at radius 1 is 1.26 bits per heavy atom. The Kier molecular flexibility index (Phi) is 4.51. The van der Waals surface area contributed by atoms with Gasteiger partial charge in [-0.15, -0.1) is 0 Å². The van der Waals surface area contributed by atoms with E-state index in [4.69, 9.17) is 10.5 Å². The van der Waals surface area contributed by atoms with Gasteiger partial charge in [0, 0.05) is 6.04 Å². The summed E-state index contributed by atoms with van der Waals surface area (Å²) in [6, 6.07) is 4.71. The van der Waals surface area contributed by atoms with Crippen LogP contribution in [0.3, 0.4) is 0 Å². The average molecular weight is 261 g/mol. The molecule has 19 heavy (non-hydrogen) atoms. The summed E-state index contributed by atoms with van der Waals surface area (Å²) >= 11 is 0. The topological polar surface area (TPSA) is 35.2 Å². The molecule has 0 bridgehead atoms. The molecule has 1 aromatic carbocycles. The molecule has 2 N–H and O–H groups in total. The summed E-state index contributed by atoms with van der Waals surface area (Å²) in [5.41, 5.74) is 9.91. The predicted molar refractivity (Wildman–Crippen MR) is 80.8 cm³/mol. The highest BCUT2D eigenvalue weighted by molar-refractivity contribution is 5.44. The molecule has 2 nitrogen and oxygen atoms in total. The molecule has 1 aliphatic carbocycles. The molecule has 2 rings (SSSR count). The highest BCUT2D eigenvalue weighted by Gasteiger charge is 2.23. The molecule has 1 unspecified atom stereocenters. The van der Waals surface area contributed by atoms with Crippen LogP contribution in [0.25, 0.3) is 0 Å². The highest BCUT2D eigenvalue weighted by Crippen LogP contribution is 2.34. The van der Waals surface area contributed by atoms with Crippen LogP contribution in [0.1, 0.15) is 56.2 Å². The lowest BCUT2D eigenvalue weighted by molar-refractivity contribution is 0.295. The Bertz CT molecular complexity index is 433. The maximum absolute atomic E-state index is 6.03. The summed E-state index contributed by atoms with van der Waals surface area (Å²) in [6.07, 6.45) is 3.60.